The Balaban J connectivity index is 1.26. The molecular weight excluding hydrogens is 502 g/mol. The zero-order valence-electron chi connectivity index (χ0n) is 20.3. The van der Waals surface area contributed by atoms with Crippen LogP contribution in [-0.4, -0.2) is 42.9 Å². The molecule has 3 aromatic heterocycles. The van der Waals surface area contributed by atoms with Crippen LogP contribution >= 0.6 is 11.3 Å². The summed E-state index contributed by atoms with van der Waals surface area (Å²) in [6, 6.07) is 1.24. The van der Waals surface area contributed by atoms with E-state index in [0.717, 1.165) is 49.0 Å². The zero-order chi connectivity index (χ0) is 25.7. The zero-order valence-corrected chi connectivity index (χ0v) is 21.2. The minimum Gasteiger partial charge on any atom is -0.352 e. The van der Waals surface area contributed by atoms with Gasteiger partial charge in [-0.3, -0.25) is 18.8 Å². The number of alkyl halides is 2. The number of nitrogens with one attached hydrogen (secondary N) is 3. The Morgan fingerprint density at radius 3 is 2.73 bits per heavy atom. The minimum absolute atomic E-state index is 0.0176. The van der Waals surface area contributed by atoms with Gasteiger partial charge in [0.15, 0.2) is 0 Å². The van der Waals surface area contributed by atoms with Gasteiger partial charge >= 0.3 is 0 Å². The second-order valence-corrected chi connectivity index (χ2v) is 11.2. The predicted molar refractivity (Wildman–Crippen MR) is 133 cm³/mol. The number of halogens is 2. The summed E-state index contributed by atoms with van der Waals surface area (Å²) in [7, 11) is 1.58. The van der Waals surface area contributed by atoms with E-state index in [4.69, 9.17) is 0 Å². The molecule has 3 heterocycles. The van der Waals surface area contributed by atoms with Crippen molar-refractivity contribution in [1.82, 2.24) is 29.9 Å². The maximum absolute atomic E-state index is 13.3. The normalized spacial score (nSPS) is 19.1. The number of thiophene rings is 1. The molecule has 3 aliphatic rings. The van der Waals surface area contributed by atoms with E-state index in [0.29, 0.717) is 41.2 Å². The first-order chi connectivity index (χ1) is 17.9. The molecule has 6 rings (SSSR count). The summed E-state index contributed by atoms with van der Waals surface area (Å²) in [6.07, 6.45) is 5.08. The summed E-state index contributed by atoms with van der Waals surface area (Å²) < 4.78 is 29.4. The predicted octanol–water partition coefficient (Wildman–Crippen LogP) is 3.97. The Morgan fingerprint density at radius 2 is 2.03 bits per heavy atom. The Hall–Kier alpha value is -3.35. The fraction of sp³-hybridized carbons (Fsp3) is 0.542. The number of carbonyl (C=O) groups is 2. The highest BCUT2D eigenvalue weighted by atomic mass is 32.1. The van der Waals surface area contributed by atoms with Gasteiger partial charge in [0.2, 0.25) is 11.9 Å². The number of carbonyl (C=O) groups excluding carboxylic acids is 2. The van der Waals surface area contributed by atoms with Gasteiger partial charge in [-0.15, -0.1) is 21.5 Å². The lowest BCUT2D eigenvalue weighted by Crippen LogP contribution is -2.28. The van der Waals surface area contributed by atoms with Crippen molar-refractivity contribution in [3.05, 3.63) is 34.1 Å². The molecule has 0 aromatic carbocycles. The van der Waals surface area contributed by atoms with Crippen molar-refractivity contribution in [1.29, 1.82) is 0 Å². The molecule has 0 spiro atoms. The number of aryl methyl sites for hydroxylation is 2. The number of hydrogen-bond donors (Lipinski definition) is 3. The number of fused-ring (bicyclic) bond motifs is 1. The largest absolute Gasteiger partial charge is 0.352 e. The minimum atomic E-state index is -2.67. The quantitative estimate of drug-likeness (QED) is 0.385. The van der Waals surface area contributed by atoms with Gasteiger partial charge in [-0.25, -0.2) is 8.78 Å². The van der Waals surface area contributed by atoms with Crippen LogP contribution in [0.4, 0.5) is 25.5 Å². The van der Waals surface area contributed by atoms with Gasteiger partial charge in [-0.1, -0.05) is 0 Å². The molecule has 0 aliphatic heterocycles. The second kappa shape index (κ2) is 9.51. The van der Waals surface area contributed by atoms with Gasteiger partial charge in [0.25, 0.3) is 12.3 Å². The van der Waals surface area contributed by atoms with Crippen LogP contribution in [0.2, 0.25) is 0 Å². The van der Waals surface area contributed by atoms with Gasteiger partial charge in [-0.05, 0) is 56.4 Å². The monoisotopic (exact) mass is 530 g/mol. The third kappa shape index (κ3) is 4.96. The number of amides is 2. The van der Waals surface area contributed by atoms with E-state index in [1.54, 1.807) is 13.4 Å². The van der Waals surface area contributed by atoms with Crippen LogP contribution < -0.4 is 16.0 Å². The summed E-state index contributed by atoms with van der Waals surface area (Å²) in [6.45, 7) is 0.647. The highest BCUT2D eigenvalue weighted by Gasteiger charge is 2.35. The van der Waals surface area contributed by atoms with E-state index in [1.165, 1.54) is 22.1 Å². The van der Waals surface area contributed by atoms with Crippen LogP contribution in [0.1, 0.15) is 71.1 Å². The number of aromatic nitrogens is 5. The highest BCUT2D eigenvalue weighted by Crippen LogP contribution is 2.43. The lowest BCUT2D eigenvalue weighted by atomic mass is 9.91. The molecular formula is C24H28F2N8O2S. The van der Waals surface area contributed by atoms with E-state index in [1.807, 2.05) is 4.57 Å². The van der Waals surface area contributed by atoms with Gasteiger partial charge in [0, 0.05) is 36.5 Å². The summed E-state index contributed by atoms with van der Waals surface area (Å²) in [5.41, 5.74) is 1.19. The van der Waals surface area contributed by atoms with Crippen molar-refractivity contribution in [3.8, 4) is 0 Å². The first-order valence-corrected chi connectivity index (χ1v) is 13.4. The van der Waals surface area contributed by atoms with Crippen molar-refractivity contribution >= 4 is 39.9 Å². The summed E-state index contributed by atoms with van der Waals surface area (Å²) >= 11 is 1.50. The maximum atomic E-state index is 13.3. The van der Waals surface area contributed by atoms with Crippen molar-refractivity contribution in [2.45, 2.75) is 57.4 Å². The smallest absolute Gasteiger partial charge is 0.282 e. The van der Waals surface area contributed by atoms with Crippen LogP contribution in [0.15, 0.2) is 12.4 Å². The van der Waals surface area contributed by atoms with E-state index in [-0.39, 0.29) is 29.5 Å². The third-order valence-electron chi connectivity index (χ3n) is 7.22. The number of nitrogens with zero attached hydrogens (tertiary/aromatic N) is 5. The Kier molecular flexibility index (Phi) is 6.17. The number of anilines is 3. The Morgan fingerprint density at radius 1 is 1.22 bits per heavy atom. The molecule has 0 unspecified atom stereocenters. The average molecular weight is 531 g/mol. The van der Waals surface area contributed by atoms with Gasteiger partial charge in [0.05, 0.1) is 5.56 Å². The lowest BCUT2D eigenvalue weighted by molar-refractivity contribution is -0.117. The molecule has 0 saturated heterocycles. The lowest BCUT2D eigenvalue weighted by Gasteiger charge is -2.25. The van der Waals surface area contributed by atoms with E-state index >= 15 is 0 Å². The fourth-order valence-corrected chi connectivity index (χ4v) is 6.01. The standard InChI is InChI=1S/C24H28F2N8O2S/c1-33-18(9-16(32-33)20(25)26)29-24-31-28-11-34(24)14-6-7-17-15(8-14)19(22(36)27-10-12-2-3-12)23(37-17)30-21(35)13-4-5-13/h9,11-14,20H,2-8,10H2,1H3,(H,27,36)(H,29,31)(H,30,35)/t14-/m0/s1. The molecule has 2 saturated carbocycles. The fourth-order valence-electron chi connectivity index (χ4n) is 4.76. The molecule has 13 heteroatoms. The van der Waals surface area contributed by atoms with E-state index < -0.39 is 6.43 Å². The van der Waals surface area contributed by atoms with Crippen molar-refractivity contribution in [2.24, 2.45) is 18.9 Å². The number of rotatable bonds is 9. The maximum Gasteiger partial charge on any atom is 0.282 e. The van der Waals surface area contributed by atoms with Crippen LogP contribution in [0, 0.1) is 11.8 Å². The molecule has 1 atom stereocenters. The Labute approximate surface area is 215 Å². The van der Waals surface area contributed by atoms with E-state index in [2.05, 4.69) is 31.2 Å². The molecule has 37 heavy (non-hydrogen) atoms. The molecule has 2 amide bonds. The topological polar surface area (TPSA) is 119 Å². The SMILES string of the molecule is Cn1nc(C(F)F)cc1Nc1nncn1[C@H]1CCc2sc(NC(=O)C3CC3)c(C(=O)NCC3CC3)c2C1. The van der Waals surface area contributed by atoms with E-state index in [9.17, 15) is 18.4 Å². The summed E-state index contributed by atoms with van der Waals surface area (Å²) in [5, 5.41) is 21.8. The van der Waals surface area contributed by atoms with Gasteiger partial charge in [0.1, 0.15) is 22.8 Å². The molecule has 3 N–H and O–H groups in total. The molecule has 0 bridgehead atoms. The Bertz CT molecular complexity index is 1340. The highest BCUT2D eigenvalue weighted by molar-refractivity contribution is 7.17. The van der Waals surface area contributed by atoms with Crippen molar-refractivity contribution < 1.29 is 18.4 Å². The van der Waals surface area contributed by atoms with Crippen LogP contribution in [0.5, 0.6) is 0 Å². The van der Waals surface area contributed by atoms with Crippen molar-refractivity contribution in [3.63, 3.8) is 0 Å². The number of hydrogen-bond acceptors (Lipinski definition) is 7. The molecule has 2 fully saturated rings. The van der Waals surface area contributed by atoms with Crippen LogP contribution in [0.3, 0.4) is 0 Å². The first-order valence-electron chi connectivity index (χ1n) is 12.6. The van der Waals surface area contributed by atoms with Crippen molar-refractivity contribution in [2.75, 3.05) is 17.2 Å². The summed E-state index contributed by atoms with van der Waals surface area (Å²) in [5.74, 6) is 1.20. The van der Waals surface area contributed by atoms with Gasteiger partial charge in [-0.2, -0.15) is 5.10 Å². The summed E-state index contributed by atoms with van der Waals surface area (Å²) in [4.78, 5) is 27.0. The molecule has 3 aromatic rings. The molecule has 196 valence electrons. The molecule has 10 nitrogen and oxygen atoms in total. The van der Waals surface area contributed by atoms with Gasteiger partial charge < -0.3 is 16.0 Å². The third-order valence-corrected chi connectivity index (χ3v) is 8.43. The van der Waals surface area contributed by atoms with Crippen LogP contribution in [-0.2, 0) is 24.7 Å². The second-order valence-electron chi connectivity index (χ2n) is 10.1. The first kappa shape index (κ1) is 24.0. The molecule has 0 radical (unpaired) electrons. The molecule has 3 aliphatic carbocycles. The van der Waals surface area contributed by atoms with Crippen LogP contribution in [0.25, 0.3) is 0 Å². The average Bonchev–Trinajstić information content (AvgIpc) is 3.78.